The Balaban J connectivity index is 2.16. The van der Waals surface area contributed by atoms with E-state index in [9.17, 15) is 0 Å². The van der Waals surface area contributed by atoms with E-state index in [-0.39, 0.29) is 5.60 Å². The Morgan fingerprint density at radius 1 is 0.941 bits per heavy atom. The highest BCUT2D eigenvalue weighted by Crippen LogP contribution is 2.38. The number of rotatable bonds is 1. The summed E-state index contributed by atoms with van der Waals surface area (Å²) >= 11 is 0. The molecule has 0 amide bonds. The largest absolute Gasteiger partial charge is 0.365 e. The standard InChI is InChI=1S/C16H16O/c1-16(14-8-3-2-4-9-14)15-10-6-5-7-13(15)11-12-17-16/h2-10H,11-12H2,1H3. The van der Waals surface area contributed by atoms with Crippen LogP contribution in [0.3, 0.4) is 0 Å². The molecule has 2 aromatic rings. The number of hydrogen-bond acceptors (Lipinski definition) is 1. The Kier molecular flexibility index (Phi) is 2.49. The number of benzene rings is 2. The summed E-state index contributed by atoms with van der Waals surface area (Å²) in [6, 6.07) is 19.1. The van der Waals surface area contributed by atoms with Crippen LogP contribution < -0.4 is 0 Å². The van der Waals surface area contributed by atoms with Crippen LogP contribution in [0.4, 0.5) is 0 Å². The highest BCUT2D eigenvalue weighted by molar-refractivity contribution is 5.42. The molecule has 0 bridgehead atoms. The van der Waals surface area contributed by atoms with E-state index in [1.807, 2.05) is 6.07 Å². The van der Waals surface area contributed by atoms with E-state index < -0.39 is 0 Å². The molecule has 1 heterocycles. The molecule has 0 radical (unpaired) electrons. The molecule has 0 spiro atoms. The molecule has 0 aromatic heterocycles. The molecule has 2 aromatic carbocycles. The fourth-order valence-corrected chi connectivity index (χ4v) is 2.64. The summed E-state index contributed by atoms with van der Waals surface area (Å²) in [6.07, 6.45) is 1.01. The Morgan fingerprint density at radius 2 is 1.65 bits per heavy atom. The summed E-state index contributed by atoms with van der Waals surface area (Å²) in [5.41, 5.74) is 3.64. The van der Waals surface area contributed by atoms with Gasteiger partial charge in [-0.2, -0.15) is 0 Å². The first-order valence-electron chi connectivity index (χ1n) is 6.08. The summed E-state index contributed by atoms with van der Waals surface area (Å²) in [4.78, 5) is 0. The first-order valence-corrected chi connectivity index (χ1v) is 6.08. The van der Waals surface area contributed by atoms with Crippen molar-refractivity contribution < 1.29 is 4.74 Å². The zero-order valence-electron chi connectivity index (χ0n) is 10.0. The van der Waals surface area contributed by atoms with Gasteiger partial charge in [0.05, 0.1) is 6.61 Å². The maximum absolute atomic E-state index is 6.08. The lowest BCUT2D eigenvalue weighted by Crippen LogP contribution is -2.33. The van der Waals surface area contributed by atoms with Crippen molar-refractivity contribution in [3.63, 3.8) is 0 Å². The number of fused-ring (bicyclic) bond motifs is 1. The van der Waals surface area contributed by atoms with Gasteiger partial charge in [-0.15, -0.1) is 0 Å². The highest BCUT2D eigenvalue weighted by Gasteiger charge is 2.34. The van der Waals surface area contributed by atoms with Crippen LogP contribution >= 0.6 is 0 Å². The molecule has 1 aliphatic heterocycles. The van der Waals surface area contributed by atoms with Gasteiger partial charge in [0, 0.05) is 0 Å². The van der Waals surface area contributed by atoms with Crippen LogP contribution in [-0.4, -0.2) is 6.61 Å². The molecule has 3 rings (SSSR count). The van der Waals surface area contributed by atoms with Crippen molar-refractivity contribution in [2.45, 2.75) is 18.9 Å². The van der Waals surface area contributed by atoms with Gasteiger partial charge in [-0.25, -0.2) is 0 Å². The molecule has 1 heteroatoms. The van der Waals surface area contributed by atoms with Gasteiger partial charge in [-0.05, 0) is 30.0 Å². The van der Waals surface area contributed by atoms with Crippen molar-refractivity contribution in [3.8, 4) is 0 Å². The summed E-state index contributed by atoms with van der Waals surface area (Å²) in [5, 5.41) is 0. The third kappa shape index (κ3) is 1.67. The van der Waals surface area contributed by atoms with E-state index in [2.05, 4.69) is 55.5 Å². The molecule has 0 fully saturated rings. The lowest BCUT2D eigenvalue weighted by atomic mass is 9.82. The summed E-state index contributed by atoms with van der Waals surface area (Å²) < 4.78 is 6.08. The second-order valence-corrected chi connectivity index (χ2v) is 4.65. The second-order valence-electron chi connectivity index (χ2n) is 4.65. The van der Waals surface area contributed by atoms with Crippen molar-refractivity contribution in [2.75, 3.05) is 6.61 Å². The zero-order chi connectivity index (χ0) is 11.7. The van der Waals surface area contributed by atoms with Gasteiger partial charge in [0.25, 0.3) is 0 Å². The van der Waals surface area contributed by atoms with Crippen molar-refractivity contribution in [1.29, 1.82) is 0 Å². The van der Waals surface area contributed by atoms with E-state index in [0.717, 1.165) is 13.0 Å². The minimum absolute atomic E-state index is 0.296. The molecule has 1 nitrogen and oxygen atoms in total. The van der Waals surface area contributed by atoms with Gasteiger partial charge < -0.3 is 4.74 Å². The van der Waals surface area contributed by atoms with Gasteiger partial charge in [-0.1, -0.05) is 54.6 Å². The lowest BCUT2D eigenvalue weighted by molar-refractivity contribution is -0.0141. The van der Waals surface area contributed by atoms with Crippen molar-refractivity contribution in [1.82, 2.24) is 0 Å². The van der Waals surface area contributed by atoms with Gasteiger partial charge in [0.1, 0.15) is 5.60 Å². The van der Waals surface area contributed by atoms with Crippen LogP contribution in [0.25, 0.3) is 0 Å². The van der Waals surface area contributed by atoms with E-state index in [4.69, 9.17) is 4.74 Å². The highest BCUT2D eigenvalue weighted by atomic mass is 16.5. The minimum Gasteiger partial charge on any atom is -0.365 e. The molecule has 17 heavy (non-hydrogen) atoms. The van der Waals surface area contributed by atoms with E-state index in [1.54, 1.807) is 0 Å². The van der Waals surface area contributed by atoms with E-state index in [0.29, 0.717) is 0 Å². The second kappa shape index (κ2) is 4.01. The minimum atomic E-state index is -0.296. The van der Waals surface area contributed by atoms with Gasteiger partial charge >= 0.3 is 0 Å². The monoisotopic (exact) mass is 224 g/mol. The Bertz CT molecular complexity index is 518. The normalized spacial score (nSPS) is 23.1. The molecule has 0 saturated heterocycles. The molecule has 0 N–H and O–H groups in total. The summed E-state index contributed by atoms with van der Waals surface area (Å²) in [6.45, 7) is 2.96. The number of hydrogen-bond donors (Lipinski definition) is 0. The third-order valence-corrected chi connectivity index (χ3v) is 3.62. The van der Waals surface area contributed by atoms with Crippen LogP contribution in [-0.2, 0) is 16.8 Å². The van der Waals surface area contributed by atoms with E-state index >= 15 is 0 Å². The predicted octanol–water partition coefficient (Wildman–Crippen LogP) is 3.52. The predicted molar refractivity (Wildman–Crippen MR) is 69.0 cm³/mol. The smallest absolute Gasteiger partial charge is 0.116 e. The average Bonchev–Trinajstić information content (AvgIpc) is 2.40. The van der Waals surface area contributed by atoms with Crippen molar-refractivity contribution in [3.05, 3.63) is 71.3 Å². The van der Waals surface area contributed by atoms with Crippen molar-refractivity contribution in [2.24, 2.45) is 0 Å². The first kappa shape index (κ1) is 10.5. The molecule has 1 atom stereocenters. The van der Waals surface area contributed by atoms with Crippen LogP contribution in [0, 0.1) is 0 Å². The summed E-state index contributed by atoms with van der Waals surface area (Å²) in [5.74, 6) is 0. The third-order valence-electron chi connectivity index (χ3n) is 3.62. The molecular weight excluding hydrogens is 208 g/mol. The Hall–Kier alpha value is -1.60. The molecule has 86 valence electrons. The molecule has 1 unspecified atom stereocenters. The van der Waals surface area contributed by atoms with Gasteiger partial charge in [0.2, 0.25) is 0 Å². The average molecular weight is 224 g/mol. The van der Waals surface area contributed by atoms with Gasteiger partial charge in [-0.3, -0.25) is 0 Å². The Labute approximate surface area is 102 Å². The quantitative estimate of drug-likeness (QED) is 0.720. The molecular formula is C16H16O. The summed E-state index contributed by atoms with van der Waals surface area (Å²) in [7, 11) is 0. The maximum Gasteiger partial charge on any atom is 0.116 e. The fourth-order valence-electron chi connectivity index (χ4n) is 2.64. The molecule has 0 saturated carbocycles. The molecule has 1 aliphatic rings. The lowest BCUT2D eigenvalue weighted by Gasteiger charge is -2.36. The molecule has 0 aliphatic carbocycles. The van der Waals surface area contributed by atoms with Crippen LogP contribution in [0.5, 0.6) is 0 Å². The van der Waals surface area contributed by atoms with Crippen LogP contribution in [0.15, 0.2) is 54.6 Å². The fraction of sp³-hybridized carbons (Fsp3) is 0.250. The zero-order valence-corrected chi connectivity index (χ0v) is 10.0. The topological polar surface area (TPSA) is 9.23 Å². The first-order chi connectivity index (χ1) is 8.31. The van der Waals surface area contributed by atoms with Gasteiger partial charge in [0.15, 0.2) is 0 Å². The van der Waals surface area contributed by atoms with Crippen molar-refractivity contribution >= 4 is 0 Å². The van der Waals surface area contributed by atoms with Crippen LogP contribution in [0.2, 0.25) is 0 Å². The Morgan fingerprint density at radius 3 is 2.47 bits per heavy atom. The van der Waals surface area contributed by atoms with Crippen LogP contribution in [0.1, 0.15) is 23.6 Å². The number of ether oxygens (including phenoxy) is 1. The SMILES string of the molecule is CC1(c2ccccc2)OCCc2ccccc21. The van der Waals surface area contributed by atoms with E-state index in [1.165, 1.54) is 16.7 Å². The maximum atomic E-state index is 6.08.